The number of aliphatic hydroxyl groups excluding tert-OH is 1. The van der Waals surface area contributed by atoms with E-state index in [1.165, 1.54) is 0 Å². The molecule has 1 amide bonds. The van der Waals surface area contributed by atoms with Crippen LogP contribution in [-0.4, -0.2) is 48.2 Å². The lowest BCUT2D eigenvalue weighted by molar-refractivity contribution is -0.122. The smallest absolute Gasteiger partial charge is 0.241 e. The van der Waals surface area contributed by atoms with Gasteiger partial charge in [0.15, 0.2) is 0 Å². The van der Waals surface area contributed by atoms with Crippen LogP contribution in [-0.2, 0) is 4.79 Å². The number of hydrogen-bond donors (Lipinski definition) is 3. The van der Waals surface area contributed by atoms with E-state index in [-0.39, 0.29) is 12.0 Å². The molecule has 1 aliphatic rings. The first-order valence-electron chi connectivity index (χ1n) is 8.06. The predicted molar refractivity (Wildman–Crippen MR) is 87.4 cm³/mol. The molecule has 5 heteroatoms. The van der Waals surface area contributed by atoms with Gasteiger partial charge in [0.2, 0.25) is 5.91 Å². The van der Waals surface area contributed by atoms with E-state index in [0.29, 0.717) is 6.54 Å². The van der Waals surface area contributed by atoms with Gasteiger partial charge in [0.05, 0.1) is 6.10 Å². The summed E-state index contributed by atoms with van der Waals surface area (Å²) >= 11 is 0. The largest absolute Gasteiger partial charge is 0.393 e. The molecular formula is C17H27N3O2. The highest BCUT2D eigenvalue weighted by Gasteiger charge is 2.17. The molecule has 1 heterocycles. The Morgan fingerprint density at radius 1 is 1.36 bits per heavy atom. The second-order valence-corrected chi connectivity index (χ2v) is 6.11. The van der Waals surface area contributed by atoms with Gasteiger partial charge in [0, 0.05) is 19.6 Å². The zero-order valence-electron chi connectivity index (χ0n) is 13.3. The number of carbonyl (C=O) groups excluding carboxylic acids is 1. The highest BCUT2D eigenvalue weighted by Crippen LogP contribution is 2.12. The van der Waals surface area contributed by atoms with Crippen molar-refractivity contribution in [2.24, 2.45) is 5.73 Å². The summed E-state index contributed by atoms with van der Waals surface area (Å²) in [6.07, 6.45) is 2.47. The van der Waals surface area contributed by atoms with Gasteiger partial charge in [0.1, 0.15) is 6.04 Å². The normalized spacial score (nSPS) is 18.1. The SMILES string of the molecule is Cc1ccc(C(N)C(=O)NCCCN2CCC(O)CC2)cc1. The van der Waals surface area contributed by atoms with Crippen LogP contribution in [0.4, 0.5) is 0 Å². The average molecular weight is 305 g/mol. The summed E-state index contributed by atoms with van der Waals surface area (Å²) in [4.78, 5) is 14.4. The number of aliphatic hydroxyl groups is 1. The number of likely N-dealkylation sites (tertiary alicyclic amines) is 1. The number of nitrogens with zero attached hydrogens (tertiary/aromatic N) is 1. The molecule has 1 aliphatic heterocycles. The number of hydrogen-bond acceptors (Lipinski definition) is 4. The van der Waals surface area contributed by atoms with Gasteiger partial charge in [-0.3, -0.25) is 4.79 Å². The average Bonchev–Trinajstić information content (AvgIpc) is 2.53. The molecule has 0 aliphatic carbocycles. The van der Waals surface area contributed by atoms with Crippen LogP contribution in [0.5, 0.6) is 0 Å². The van der Waals surface area contributed by atoms with Crippen molar-refractivity contribution in [1.82, 2.24) is 10.2 Å². The zero-order chi connectivity index (χ0) is 15.9. The maximum atomic E-state index is 12.0. The fourth-order valence-electron chi connectivity index (χ4n) is 2.69. The Morgan fingerprint density at radius 2 is 2.00 bits per heavy atom. The maximum Gasteiger partial charge on any atom is 0.241 e. The van der Waals surface area contributed by atoms with Gasteiger partial charge in [0.25, 0.3) is 0 Å². The quantitative estimate of drug-likeness (QED) is 0.684. The van der Waals surface area contributed by atoms with E-state index in [4.69, 9.17) is 5.73 Å². The molecule has 4 N–H and O–H groups in total. The Balaban J connectivity index is 1.66. The van der Waals surface area contributed by atoms with Crippen molar-refractivity contribution in [2.75, 3.05) is 26.2 Å². The Kier molecular flexibility index (Phi) is 6.36. The lowest BCUT2D eigenvalue weighted by atomic mass is 10.1. The number of nitrogens with one attached hydrogen (secondary N) is 1. The van der Waals surface area contributed by atoms with Crippen molar-refractivity contribution in [2.45, 2.75) is 38.3 Å². The van der Waals surface area contributed by atoms with Gasteiger partial charge in [-0.05, 0) is 38.3 Å². The molecule has 0 aromatic heterocycles. The van der Waals surface area contributed by atoms with Crippen molar-refractivity contribution in [3.05, 3.63) is 35.4 Å². The third-order valence-electron chi connectivity index (χ3n) is 4.23. The molecule has 1 saturated heterocycles. The molecule has 2 rings (SSSR count). The van der Waals surface area contributed by atoms with Gasteiger partial charge in [-0.1, -0.05) is 29.8 Å². The number of nitrogens with two attached hydrogens (primary N) is 1. The van der Waals surface area contributed by atoms with Gasteiger partial charge in [-0.25, -0.2) is 0 Å². The molecule has 1 aromatic carbocycles. The molecule has 122 valence electrons. The van der Waals surface area contributed by atoms with Gasteiger partial charge >= 0.3 is 0 Å². The van der Waals surface area contributed by atoms with Crippen molar-refractivity contribution in [3.8, 4) is 0 Å². The third kappa shape index (κ3) is 5.09. The molecule has 0 bridgehead atoms. The maximum absolute atomic E-state index is 12.0. The van der Waals surface area contributed by atoms with Crippen LogP contribution in [0, 0.1) is 6.92 Å². The zero-order valence-corrected chi connectivity index (χ0v) is 13.3. The van der Waals surface area contributed by atoms with E-state index in [9.17, 15) is 9.90 Å². The van der Waals surface area contributed by atoms with E-state index in [1.54, 1.807) is 0 Å². The lowest BCUT2D eigenvalue weighted by Crippen LogP contribution is -2.39. The molecular weight excluding hydrogens is 278 g/mol. The van der Waals surface area contributed by atoms with Gasteiger partial charge in [-0.15, -0.1) is 0 Å². The number of benzene rings is 1. The molecule has 1 aromatic rings. The molecule has 0 saturated carbocycles. The molecule has 1 fully saturated rings. The van der Waals surface area contributed by atoms with E-state index < -0.39 is 6.04 Å². The van der Waals surface area contributed by atoms with Crippen LogP contribution < -0.4 is 11.1 Å². The van der Waals surface area contributed by atoms with E-state index in [2.05, 4.69) is 10.2 Å². The van der Waals surface area contributed by atoms with Crippen molar-refractivity contribution >= 4 is 5.91 Å². The summed E-state index contributed by atoms with van der Waals surface area (Å²) in [5, 5.41) is 12.4. The molecule has 22 heavy (non-hydrogen) atoms. The summed E-state index contributed by atoms with van der Waals surface area (Å²) in [6.45, 7) is 5.48. The first kappa shape index (κ1) is 16.9. The van der Waals surface area contributed by atoms with Crippen LogP contribution in [0.2, 0.25) is 0 Å². The van der Waals surface area contributed by atoms with Crippen LogP contribution >= 0.6 is 0 Å². The van der Waals surface area contributed by atoms with Crippen molar-refractivity contribution in [3.63, 3.8) is 0 Å². The Morgan fingerprint density at radius 3 is 2.64 bits per heavy atom. The highest BCUT2D eigenvalue weighted by atomic mass is 16.3. The monoisotopic (exact) mass is 305 g/mol. The second-order valence-electron chi connectivity index (χ2n) is 6.11. The Hall–Kier alpha value is -1.43. The number of rotatable bonds is 6. The van der Waals surface area contributed by atoms with Crippen molar-refractivity contribution in [1.29, 1.82) is 0 Å². The lowest BCUT2D eigenvalue weighted by Gasteiger charge is -2.29. The predicted octanol–water partition coefficient (Wildman–Crippen LogP) is 0.958. The molecule has 1 unspecified atom stereocenters. The third-order valence-corrected chi connectivity index (χ3v) is 4.23. The van der Waals surface area contributed by atoms with E-state index in [0.717, 1.165) is 50.0 Å². The van der Waals surface area contributed by atoms with Crippen molar-refractivity contribution < 1.29 is 9.90 Å². The van der Waals surface area contributed by atoms with Crippen LogP contribution in [0.15, 0.2) is 24.3 Å². The summed E-state index contributed by atoms with van der Waals surface area (Å²) in [7, 11) is 0. The van der Waals surface area contributed by atoms with Crippen LogP contribution in [0.25, 0.3) is 0 Å². The topological polar surface area (TPSA) is 78.6 Å². The Bertz CT molecular complexity index is 467. The Labute approximate surface area is 132 Å². The number of carbonyl (C=O) groups is 1. The summed E-state index contributed by atoms with van der Waals surface area (Å²) in [6, 6.07) is 7.13. The summed E-state index contributed by atoms with van der Waals surface area (Å²) < 4.78 is 0. The minimum Gasteiger partial charge on any atom is -0.393 e. The fourth-order valence-corrected chi connectivity index (χ4v) is 2.69. The minimum atomic E-state index is -0.606. The molecule has 0 radical (unpaired) electrons. The molecule has 1 atom stereocenters. The number of amides is 1. The van der Waals surface area contributed by atoms with Crippen LogP contribution in [0.3, 0.4) is 0 Å². The highest BCUT2D eigenvalue weighted by molar-refractivity contribution is 5.82. The fraction of sp³-hybridized carbons (Fsp3) is 0.588. The first-order valence-corrected chi connectivity index (χ1v) is 8.06. The first-order chi connectivity index (χ1) is 10.6. The molecule has 0 spiro atoms. The second kappa shape index (κ2) is 8.27. The van der Waals surface area contributed by atoms with E-state index >= 15 is 0 Å². The minimum absolute atomic E-state index is 0.127. The number of aryl methyl sites for hydroxylation is 1. The van der Waals surface area contributed by atoms with E-state index in [1.807, 2.05) is 31.2 Å². The number of piperidine rings is 1. The molecule has 5 nitrogen and oxygen atoms in total. The van der Waals surface area contributed by atoms with Gasteiger partial charge < -0.3 is 21.1 Å². The summed E-state index contributed by atoms with van der Waals surface area (Å²) in [5.74, 6) is -0.127. The van der Waals surface area contributed by atoms with Crippen LogP contribution in [0.1, 0.15) is 36.4 Å². The van der Waals surface area contributed by atoms with Gasteiger partial charge in [-0.2, -0.15) is 0 Å². The standard InChI is InChI=1S/C17H27N3O2/c1-13-3-5-14(6-4-13)16(18)17(22)19-9-2-10-20-11-7-15(21)8-12-20/h3-6,15-16,21H,2,7-12,18H2,1H3,(H,19,22). The summed E-state index contributed by atoms with van der Waals surface area (Å²) in [5.41, 5.74) is 7.98.